The molecule has 2 fully saturated rings. The summed E-state index contributed by atoms with van der Waals surface area (Å²) >= 11 is 0. The molecule has 0 radical (unpaired) electrons. The van der Waals surface area contributed by atoms with Crippen LogP contribution in [0.3, 0.4) is 0 Å². The zero-order valence-corrected chi connectivity index (χ0v) is 15.6. The number of nitrogens with one attached hydrogen (secondary N) is 1. The predicted octanol–water partition coefficient (Wildman–Crippen LogP) is 1.72. The number of methoxy groups -OCH3 is 1. The van der Waals surface area contributed by atoms with Crippen LogP contribution in [-0.4, -0.2) is 61.5 Å². The Morgan fingerprint density at radius 1 is 1.35 bits per heavy atom. The van der Waals surface area contributed by atoms with Crippen LogP contribution < -0.4 is 5.32 Å². The molecule has 0 spiro atoms. The highest BCUT2D eigenvalue weighted by atomic mass is 16.6. The molecule has 1 aromatic carbocycles. The molecule has 0 saturated carbocycles. The number of nitrogens with zero attached hydrogens (tertiary/aromatic N) is 1. The van der Waals surface area contributed by atoms with Crippen LogP contribution in [0.2, 0.25) is 0 Å². The van der Waals surface area contributed by atoms with E-state index in [1.54, 1.807) is 7.11 Å². The van der Waals surface area contributed by atoms with E-state index >= 15 is 0 Å². The molecule has 4 atom stereocenters. The SMILES string of the molecule is CO.COC(C1CCCN1)C(C)C(=O)N1C(=O)OCC1c1ccccc1. The number of rotatable bonds is 5. The number of ether oxygens (including phenoxy) is 2. The van der Waals surface area contributed by atoms with Crippen LogP contribution >= 0.6 is 0 Å². The molecule has 2 aliphatic rings. The standard InChI is InChI=1S/C18H24N2O4.CH4O/c1-12(16(23-2)14-9-6-10-19-14)17(21)20-15(11-24-18(20)22)13-7-4-3-5-8-13;1-2/h3-5,7-8,12,14-16,19H,6,9-11H2,1-2H3;2H,1H3. The van der Waals surface area contributed by atoms with E-state index in [0.717, 1.165) is 32.1 Å². The second-order valence-electron chi connectivity index (χ2n) is 6.40. The van der Waals surface area contributed by atoms with Crippen LogP contribution in [0.1, 0.15) is 31.4 Å². The molecule has 7 nitrogen and oxygen atoms in total. The zero-order chi connectivity index (χ0) is 19.1. The Morgan fingerprint density at radius 2 is 2.04 bits per heavy atom. The Bertz CT molecular complexity index is 589. The van der Waals surface area contributed by atoms with Crippen molar-refractivity contribution in [2.45, 2.75) is 38.0 Å². The summed E-state index contributed by atoms with van der Waals surface area (Å²) in [6, 6.07) is 9.27. The first kappa shape index (κ1) is 20.4. The lowest BCUT2D eigenvalue weighted by atomic mass is 9.94. The van der Waals surface area contributed by atoms with Gasteiger partial charge in [-0.2, -0.15) is 0 Å². The van der Waals surface area contributed by atoms with Crippen LogP contribution in [0, 0.1) is 5.92 Å². The van der Waals surface area contributed by atoms with Gasteiger partial charge in [0.2, 0.25) is 5.91 Å². The average Bonchev–Trinajstić information content (AvgIpc) is 3.34. The van der Waals surface area contributed by atoms with Gasteiger partial charge in [-0.15, -0.1) is 0 Å². The van der Waals surface area contributed by atoms with Gasteiger partial charge in [0.05, 0.1) is 12.0 Å². The molecule has 0 aliphatic carbocycles. The normalized spacial score (nSPS) is 24.5. The zero-order valence-electron chi connectivity index (χ0n) is 15.6. The molecular weight excluding hydrogens is 336 g/mol. The number of hydrogen-bond acceptors (Lipinski definition) is 6. The molecule has 26 heavy (non-hydrogen) atoms. The summed E-state index contributed by atoms with van der Waals surface area (Å²) in [4.78, 5) is 26.4. The number of cyclic esters (lactones) is 1. The fourth-order valence-corrected chi connectivity index (χ4v) is 3.65. The number of carbonyl (C=O) groups is 2. The summed E-state index contributed by atoms with van der Waals surface area (Å²) in [5, 5.41) is 10.4. The number of aliphatic hydroxyl groups excluding tert-OH is 1. The van der Waals surface area contributed by atoms with Crippen molar-refractivity contribution in [3.63, 3.8) is 0 Å². The van der Waals surface area contributed by atoms with E-state index in [1.165, 1.54) is 4.90 Å². The van der Waals surface area contributed by atoms with Gasteiger partial charge in [0.15, 0.2) is 0 Å². The van der Waals surface area contributed by atoms with Crippen LogP contribution in [0.15, 0.2) is 30.3 Å². The monoisotopic (exact) mass is 364 g/mol. The fraction of sp³-hybridized carbons (Fsp3) is 0.579. The third kappa shape index (κ3) is 4.23. The van der Waals surface area contributed by atoms with Gasteiger partial charge in [-0.1, -0.05) is 37.3 Å². The van der Waals surface area contributed by atoms with Crippen LogP contribution in [0.5, 0.6) is 0 Å². The molecule has 2 N–H and O–H groups in total. The van der Waals surface area contributed by atoms with Crippen LogP contribution in [0.4, 0.5) is 4.79 Å². The van der Waals surface area contributed by atoms with E-state index in [-0.39, 0.29) is 30.7 Å². The lowest BCUT2D eigenvalue weighted by molar-refractivity contribution is -0.138. The highest BCUT2D eigenvalue weighted by molar-refractivity contribution is 5.95. The van der Waals surface area contributed by atoms with Gasteiger partial charge in [0, 0.05) is 20.3 Å². The quantitative estimate of drug-likeness (QED) is 0.827. The lowest BCUT2D eigenvalue weighted by Gasteiger charge is -2.30. The highest BCUT2D eigenvalue weighted by Crippen LogP contribution is 2.31. The van der Waals surface area contributed by atoms with Gasteiger partial charge < -0.3 is 19.9 Å². The Morgan fingerprint density at radius 3 is 2.62 bits per heavy atom. The minimum Gasteiger partial charge on any atom is -0.446 e. The summed E-state index contributed by atoms with van der Waals surface area (Å²) in [7, 11) is 2.62. The summed E-state index contributed by atoms with van der Waals surface area (Å²) in [5.41, 5.74) is 0.900. The lowest BCUT2D eigenvalue weighted by Crippen LogP contribution is -2.48. The fourth-order valence-electron chi connectivity index (χ4n) is 3.65. The topological polar surface area (TPSA) is 88.1 Å². The van der Waals surface area contributed by atoms with Crippen molar-refractivity contribution >= 4 is 12.0 Å². The van der Waals surface area contributed by atoms with Gasteiger partial charge in [-0.05, 0) is 24.9 Å². The van der Waals surface area contributed by atoms with Gasteiger partial charge in [-0.25, -0.2) is 9.69 Å². The summed E-state index contributed by atoms with van der Waals surface area (Å²) in [6.45, 7) is 2.95. The van der Waals surface area contributed by atoms with Crippen molar-refractivity contribution < 1.29 is 24.2 Å². The molecule has 0 bridgehead atoms. The van der Waals surface area contributed by atoms with Crippen molar-refractivity contribution in [3.8, 4) is 0 Å². The maximum Gasteiger partial charge on any atom is 0.417 e. The molecular formula is C19H28N2O5. The third-order valence-electron chi connectivity index (χ3n) is 4.94. The molecule has 2 heterocycles. The van der Waals surface area contributed by atoms with E-state index in [1.807, 2.05) is 37.3 Å². The predicted molar refractivity (Wildman–Crippen MR) is 96.5 cm³/mol. The number of hydrogen-bond donors (Lipinski definition) is 2. The Labute approximate surface area is 154 Å². The molecule has 2 aliphatic heterocycles. The minimum atomic E-state index is -0.574. The van der Waals surface area contributed by atoms with Crippen LogP contribution in [-0.2, 0) is 14.3 Å². The molecule has 4 unspecified atom stereocenters. The number of amides is 2. The van der Waals surface area contributed by atoms with Gasteiger partial charge in [-0.3, -0.25) is 4.79 Å². The molecule has 2 amide bonds. The summed E-state index contributed by atoms with van der Waals surface area (Å²) in [5.74, 6) is -0.672. The minimum absolute atomic E-state index is 0.141. The largest absolute Gasteiger partial charge is 0.446 e. The van der Waals surface area contributed by atoms with Crippen molar-refractivity contribution in [2.75, 3.05) is 27.4 Å². The second kappa shape index (κ2) is 9.66. The average molecular weight is 364 g/mol. The third-order valence-corrected chi connectivity index (χ3v) is 4.94. The van der Waals surface area contributed by atoms with Crippen molar-refractivity contribution in [1.29, 1.82) is 0 Å². The van der Waals surface area contributed by atoms with Crippen molar-refractivity contribution in [3.05, 3.63) is 35.9 Å². The Kier molecular flexibility index (Phi) is 7.56. The maximum absolute atomic E-state index is 13.0. The highest BCUT2D eigenvalue weighted by Gasteiger charge is 2.43. The number of aliphatic hydroxyl groups is 1. The van der Waals surface area contributed by atoms with E-state index in [0.29, 0.717) is 0 Å². The van der Waals surface area contributed by atoms with E-state index in [2.05, 4.69) is 5.32 Å². The first-order chi connectivity index (χ1) is 12.6. The number of imide groups is 1. The van der Waals surface area contributed by atoms with Gasteiger partial charge in [0.25, 0.3) is 0 Å². The Balaban J connectivity index is 0.00000117. The molecule has 2 saturated heterocycles. The van der Waals surface area contributed by atoms with Crippen molar-refractivity contribution in [1.82, 2.24) is 10.2 Å². The summed E-state index contributed by atoms with van der Waals surface area (Å²) < 4.78 is 10.7. The molecule has 3 rings (SSSR count). The van der Waals surface area contributed by atoms with E-state index in [9.17, 15) is 9.59 Å². The van der Waals surface area contributed by atoms with Crippen LogP contribution in [0.25, 0.3) is 0 Å². The molecule has 0 aromatic heterocycles. The van der Waals surface area contributed by atoms with Gasteiger partial charge >= 0.3 is 6.09 Å². The first-order valence-electron chi connectivity index (χ1n) is 8.89. The van der Waals surface area contributed by atoms with E-state index < -0.39 is 12.0 Å². The molecule has 7 heteroatoms. The summed E-state index contributed by atoms with van der Waals surface area (Å²) in [6.07, 6.45) is 1.21. The molecule has 144 valence electrons. The van der Waals surface area contributed by atoms with Crippen molar-refractivity contribution in [2.24, 2.45) is 5.92 Å². The number of benzene rings is 1. The smallest absolute Gasteiger partial charge is 0.417 e. The second-order valence-corrected chi connectivity index (χ2v) is 6.40. The maximum atomic E-state index is 13.0. The van der Waals surface area contributed by atoms with Gasteiger partial charge in [0.1, 0.15) is 12.6 Å². The first-order valence-corrected chi connectivity index (χ1v) is 8.89. The Hall–Kier alpha value is -1.96. The molecule has 1 aromatic rings. The number of carbonyl (C=O) groups excluding carboxylic acids is 2. The van der Waals surface area contributed by atoms with E-state index in [4.69, 9.17) is 14.6 Å².